The molecule has 4 nitrogen and oxygen atoms in total. The van der Waals surface area contributed by atoms with Gasteiger partial charge in [-0.1, -0.05) is 13.3 Å². The van der Waals surface area contributed by atoms with Gasteiger partial charge in [0.15, 0.2) is 0 Å². The van der Waals surface area contributed by atoms with Crippen LogP contribution in [-0.2, 0) is 4.79 Å². The fraction of sp³-hybridized carbons (Fsp3) is 0.909. The molecule has 0 aliphatic carbocycles. The number of amides is 1. The van der Waals surface area contributed by atoms with E-state index in [9.17, 15) is 4.79 Å². The van der Waals surface area contributed by atoms with Gasteiger partial charge in [-0.3, -0.25) is 4.79 Å². The molecule has 0 rings (SSSR count). The summed E-state index contributed by atoms with van der Waals surface area (Å²) in [5.74, 6) is 0.866. The van der Waals surface area contributed by atoms with Gasteiger partial charge in [0.05, 0.1) is 12.6 Å². The first-order chi connectivity index (χ1) is 7.67. The molecule has 0 aliphatic rings. The Bertz CT molecular complexity index is 191. The highest BCUT2D eigenvalue weighted by Crippen LogP contribution is 2.04. The van der Waals surface area contributed by atoms with E-state index >= 15 is 0 Å². The number of hydrogen-bond donors (Lipinski definition) is 2. The molecule has 1 atom stereocenters. The van der Waals surface area contributed by atoms with E-state index in [4.69, 9.17) is 10.8 Å². The number of unbranched alkanes of at least 4 members (excludes halogenated alkanes) is 1. The Morgan fingerprint density at radius 3 is 2.69 bits per heavy atom. The maximum absolute atomic E-state index is 11.9. The summed E-state index contributed by atoms with van der Waals surface area (Å²) in [5, 5.41) is 8.90. The number of thioether (sulfide) groups is 1. The summed E-state index contributed by atoms with van der Waals surface area (Å²) >= 11 is 1.69. The van der Waals surface area contributed by atoms with Crippen molar-refractivity contribution in [1.29, 1.82) is 0 Å². The molecule has 3 N–H and O–H groups in total. The molecule has 1 amide bonds. The van der Waals surface area contributed by atoms with Gasteiger partial charge in [-0.15, -0.1) is 0 Å². The fourth-order valence-corrected chi connectivity index (χ4v) is 1.89. The van der Waals surface area contributed by atoms with Crippen LogP contribution in [0.15, 0.2) is 0 Å². The minimum atomic E-state index is -0.421. The van der Waals surface area contributed by atoms with Gasteiger partial charge in [0.25, 0.3) is 0 Å². The number of nitrogens with zero attached hydrogens (tertiary/aromatic N) is 1. The maximum Gasteiger partial charge on any atom is 0.239 e. The smallest absolute Gasteiger partial charge is 0.239 e. The topological polar surface area (TPSA) is 66.6 Å². The summed E-state index contributed by atoms with van der Waals surface area (Å²) in [6, 6.07) is -0.421. The first-order valence-electron chi connectivity index (χ1n) is 5.81. The Morgan fingerprint density at radius 1 is 1.50 bits per heavy atom. The molecule has 96 valence electrons. The molecule has 0 aromatic heterocycles. The molecule has 0 aliphatic heterocycles. The molecule has 0 heterocycles. The van der Waals surface area contributed by atoms with E-state index in [-0.39, 0.29) is 12.5 Å². The minimum Gasteiger partial charge on any atom is -0.395 e. The average molecular weight is 248 g/mol. The van der Waals surface area contributed by atoms with Crippen molar-refractivity contribution in [2.75, 3.05) is 31.7 Å². The average Bonchev–Trinajstić information content (AvgIpc) is 2.30. The third kappa shape index (κ3) is 6.35. The Hall–Kier alpha value is -0.260. The number of nitrogens with two attached hydrogens (primary N) is 1. The minimum absolute atomic E-state index is 0.00466. The Balaban J connectivity index is 4.12. The van der Waals surface area contributed by atoms with Gasteiger partial charge >= 0.3 is 0 Å². The monoisotopic (exact) mass is 248 g/mol. The van der Waals surface area contributed by atoms with Crippen molar-refractivity contribution in [1.82, 2.24) is 4.90 Å². The predicted molar refractivity (Wildman–Crippen MR) is 69.5 cm³/mol. The van der Waals surface area contributed by atoms with Crippen molar-refractivity contribution in [3.05, 3.63) is 0 Å². The largest absolute Gasteiger partial charge is 0.395 e. The lowest BCUT2D eigenvalue weighted by molar-refractivity contribution is -0.133. The van der Waals surface area contributed by atoms with Crippen molar-refractivity contribution in [2.24, 2.45) is 5.73 Å². The van der Waals surface area contributed by atoms with Crippen molar-refractivity contribution in [3.63, 3.8) is 0 Å². The molecule has 0 bridgehead atoms. The zero-order valence-electron chi connectivity index (χ0n) is 10.3. The second-order valence-electron chi connectivity index (χ2n) is 3.79. The van der Waals surface area contributed by atoms with Crippen molar-refractivity contribution >= 4 is 17.7 Å². The van der Waals surface area contributed by atoms with E-state index in [1.165, 1.54) is 0 Å². The second-order valence-corrected chi connectivity index (χ2v) is 4.78. The fourth-order valence-electron chi connectivity index (χ4n) is 1.40. The van der Waals surface area contributed by atoms with Gasteiger partial charge in [0.2, 0.25) is 5.91 Å². The molecule has 16 heavy (non-hydrogen) atoms. The van der Waals surface area contributed by atoms with E-state index < -0.39 is 6.04 Å². The first-order valence-corrected chi connectivity index (χ1v) is 7.20. The van der Waals surface area contributed by atoms with E-state index in [1.54, 1.807) is 16.7 Å². The molecule has 0 aromatic carbocycles. The number of carbonyl (C=O) groups is 1. The van der Waals surface area contributed by atoms with Gasteiger partial charge in [-0.05, 0) is 24.9 Å². The molecule has 0 spiro atoms. The van der Waals surface area contributed by atoms with Gasteiger partial charge in [-0.2, -0.15) is 11.8 Å². The lowest BCUT2D eigenvalue weighted by Crippen LogP contribution is -2.45. The third-order valence-electron chi connectivity index (χ3n) is 2.41. The summed E-state index contributed by atoms with van der Waals surface area (Å²) in [4.78, 5) is 13.6. The molecular formula is C11H24N2O2S. The first kappa shape index (κ1) is 15.7. The van der Waals surface area contributed by atoms with Crippen LogP contribution < -0.4 is 5.73 Å². The van der Waals surface area contributed by atoms with Crippen molar-refractivity contribution in [3.8, 4) is 0 Å². The standard InChI is InChI=1S/C11H24N2O2S/c1-3-4-6-13(7-8-14)11(15)10(12)5-9-16-2/h10,14H,3-9,12H2,1-2H3/t10-/m0/s1. The maximum atomic E-state index is 11.9. The van der Waals surface area contributed by atoms with Gasteiger partial charge in [-0.25, -0.2) is 0 Å². The number of rotatable bonds is 9. The van der Waals surface area contributed by atoms with Crippen molar-refractivity contribution in [2.45, 2.75) is 32.2 Å². The zero-order chi connectivity index (χ0) is 12.4. The van der Waals surface area contributed by atoms with E-state index in [0.29, 0.717) is 19.5 Å². The Labute approximate surface area is 103 Å². The number of hydrogen-bond acceptors (Lipinski definition) is 4. The summed E-state index contributed by atoms with van der Waals surface area (Å²) in [7, 11) is 0. The molecule has 0 fully saturated rings. The molecule has 0 aromatic rings. The SMILES string of the molecule is CCCCN(CCO)C(=O)[C@@H](N)CCSC. The zero-order valence-corrected chi connectivity index (χ0v) is 11.1. The lowest BCUT2D eigenvalue weighted by Gasteiger charge is -2.24. The Morgan fingerprint density at radius 2 is 2.19 bits per heavy atom. The highest BCUT2D eigenvalue weighted by atomic mass is 32.2. The molecule has 5 heteroatoms. The van der Waals surface area contributed by atoms with Gasteiger partial charge in [0, 0.05) is 13.1 Å². The molecular weight excluding hydrogens is 224 g/mol. The summed E-state index contributed by atoms with van der Waals surface area (Å²) in [5.41, 5.74) is 5.82. The predicted octanol–water partition coefficient (Wildman–Crippen LogP) is 0.688. The lowest BCUT2D eigenvalue weighted by atomic mass is 10.2. The molecule has 0 unspecified atom stereocenters. The summed E-state index contributed by atoms with van der Waals surface area (Å²) in [6.45, 7) is 3.18. The van der Waals surface area contributed by atoms with E-state index in [1.807, 2.05) is 6.26 Å². The normalized spacial score (nSPS) is 12.5. The molecule has 0 radical (unpaired) electrons. The molecule has 0 saturated heterocycles. The van der Waals surface area contributed by atoms with Crippen LogP contribution in [0.3, 0.4) is 0 Å². The quantitative estimate of drug-likeness (QED) is 0.630. The molecule has 0 saturated carbocycles. The Kier molecular flexibility index (Phi) is 9.77. The summed E-state index contributed by atoms with van der Waals surface area (Å²) < 4.78 is 0. The van der Waals surface area contributed by atoms with Crippen LogP contribution in [0.4, 0.5) is 0 Å². The summed E-state index contributed by atoms with van der Waals surface area (Å²) in [6.07, 6.45) is 4.70. The van der Waals surface area contributed by atoms with Crippen LogP contribution in [0, 0.1) is 0 Å². The van der Waals surface area contributed by atoms with Gasteiger partial charge in [0.1, 0.15) is 0 Å². The van der Waals surface area contributed by atoms with Crippen LogP contribution in [0.5, 0.6) is 0 Å². The van der Waals surface area contributed by atoms with Crippen LogP contribution in [-0.4, -0.2) is 53.7 Å². The van der Waals surface area contributed by atoms with Crippen LogP contribution in [0.2, 0.25) is 0 Å². The van der Waals surface area contributed by atoms with E-state index in [0.717, 1.165) is 18.6 Å². The number of aliphatic hydroxyl groups is 1. The van der Waals surface area contributed by atoms with Crippen molar-refractivity contribution < 1.29 is 9.90 Å². The van der Waals surface area contributed by atoms with Crippen LogP contribution in [0.1, 0.15) is 26.2 Å². The third-order valence-corrected chi connectivity index (χ3v) is 3.06. The van der Waals surface area contributed by atoms with Crippen LogP contribution in [0.25, 0.3) is 0 Å². The highest BCUT2D eigenvalue weighted by molar-refractivity contribution is 7.98. The van der Waals surface area contributed by atoms with E-state index in [2.05, 4.69) is 6.92 Å². The number of carbonyl (C=O) groups excluding carboxylic acids is 1. The second kappa shape index (κ2) is 9.93. The van der Waals surface area contributed by atoms with Crippen LogP contribution >= 0.6 is 11.8 Å². The van der Waals surface area contributed by atoms with Gasteiger partial charge < -0.3 is 15.7 Å². The number of aliphatic hydroxyl groups excluding tert-OH is 1. The highest BCUT2D eigenvalue weighted by Gasteiger charge is 2.19.